The standard InChI is InChI=1S/C21H19BrCl2N2O2S/c1-2-18-20(13-5-7-14(22)8-6-13)26-21(29-18)25-19(27)4-3-11-28-17-10-9-15(23)12-16(17)24/h5-10,12H,2-4,11H2,1H3,(H,25,26,27). The number of hydrogen-bond acceptors (Lipinski definition) is 4. The van der Waals surface area contributed by atoms with Crippen LogP contribution in [-0.4, -0.2) is 17.5 Å². The summed E-state index contributed by atoms with van der Waals surface area (Å²) in [6.07, 6.45) is 1.75. The number of benzene rings is 2. The number of aromatic nitrogens is 1. The number of nitrogens with zero attached hydrogens (tertiary/aromatic N) is 1. The molecule has 1 aromatic heterocycles. The van der Waals surface area contributed by atoms with Crippen molar-refractivity contribution in [3.05, 3.63) is 61.9 Å². The van der Waals surface area contributed by atoms with E-state index < -0.39 is 0 Å². The molecule has 0 spiro atoms. The van der Waals surface area contributed by atoms with Gasteiger partial charge in [-0.25, -0.2) is 4.98 Å². The Morgan fingerprint density at radius 3 is 2.66 bits per heavy atom. The van der Waals surface area contributed by atoms with Crippen LogP contribution in [0.2, 0.25) is 10.0 Å². The number of hydrogen-bond donors (Lipinski definition) is 1. The Hall–Kier alpha value is -1.60. The molecule has 0 aliphatic heterocycles. The molecular weight excluding hydrogens is 495 g/mol. The van der Waals surface area contributed by atoms with Crippen LogP contribution in [0.3, 0.4) is 0 Å². The molecule has 0 saturated carbocycles. The number of ether oxygens (including phenoxy) is 1. The van der Waals surface area contributed by atoms with Gasteiger partial charge in [-0.3, -0.25) is 4.79 Å². The molecule has 4 nitrogen and oxygen atoms in total. The van der Waals surface area contributed by atoms with Crippen LogP contribution < -0.4 is 10.1 Å². The van der Waals surface area contributed by atoms with E-state index in [1.807, 2.05) is 24.3 Å². The average molecular weight is 514 g/mol. The molecule has 3 aromatic rings. The number of carbonyl (C=O) groups is 1. The lowest BCUT2D eigenvalue weighted by Crippen LogP contribution is -2.12. The van der Waals surface area contributed by atoms with Crippen molar-refractivity contribution in [1.82, 2.24) is 4.98 Å². The van der Waals surface area contributed by atoms with Crippen LogP contribution in [0.5, 0.6) is 5.75 Å². The zero-order valence-electron chi connectivity index (χ0n) is 15.7. The van der Waals surface area contributed by atoms with Crippen LogP contribution in [0.25, 0.3) is 11.3 Å². The second kappa shape index (κ2) is 10.4. The third-order valence-corrected chi connectivity index (χ3v) is 6.26. The van der Waals surface area contributed by atoms with Gasteiger partial charge in [0.05, 0.1) is 17.3 Å². The van der Waals surface area contributed by atoms with Crippen LogP contribution in [0.15, 0.2) is 46.9 Å². The van der Waals surface area contributed by atoms with E-state index in [9.17, 15) is 4.79 Å². The molecule has 0 fully saturated rings. The topological polar surface area (TPSA) is 51.2 Å². The number of thiazole rings is 1. The van der Waals surface area contributed by atoms with E-state index in [2.05, 4.69) is 33.2 Å². The van der Waals surface area contributed by atoms with Crippen LogP contribution in [0, 0.1) is 0 Å². The molecule has 29 heavy (non-hydrogen) atoms. The van der Waals surface area contributed by atoms with Crippen LogP contribution >= 0.6 is 50.5 Å². The monoisotopic (exact) mass is 512 g/mol. The minimum atomic E-state index is -0.0884. The van der Waals surface area contributed by atoms with Gasteiger partial charge < -0.3 is 10.1 Å². The van der Waals surface area contributed by atoms with Crippen molar-refractivity contribution < 1.29 is 9.53 Å². The Morgan fingerprint density at radius 1 is 1.21 bits per heavy atom. The molecule has 152 valence electrons. The second-order valence-corrected chi connectivity index (χ2v) is 9.07. The lowest BCUT2D eigenvalue weighted by Gasteiger charge is -2.08. The second-order valence-electron chi connectivity index (χ2n) is 6.23. The van der Waals surface area contributed by atoms with Gasteiger partial charge in [-0.2, -0.15) is 0 Å². The lowest BCUT2D eigenvalue weighted by molar-refractivity contribution is -0.116. The number of halogens is 3. The summed E-state index contributed by atoms with van der Waals surface area (Å²) in [4.78, 5) is 18.0. The number of nitrogens with one attached hydrogen (secondary N) is 1. The predicted octanol–water partition coefficient (Wildman–Crippen LogP) is 7.24. The van der Waals surface area contributed by atoms with E-state index in [0.717, 1.165) is 27.0 Å². The molecule has 0 unspecified atom stereocenters. The largest absolute Gasteiger partial charge is 0.492 e. The minimum absolute atomic E-state index is 0.0884. The van der Waals surface area contributed by atoms with Gasteiger partial charge in [0, 0.05) is 26.4 Å². The summed E-state index contributed by atoms with van der Waals surface area (Å²) in [6.45, 7) is 2.47. The van der Waals surface area contributed by atoms with Gasteiger partial charge in [0.15, 0.2) is 5.13 Å². The third-order valence-electron chi connectivity index (χ3n) is 4.08. The maximum Gasteiger partial charge on any atom is 0.226 e. The van der Waals surface area contributed by atoms with E-state index in [4.69, 9.17) is 27.9 Å². The van der Waals surface area contributed by atoms with Crippen molar-refractivity contribution >= 4 is 61.5 Å². The van der Waals surface area contributed by atoms with Crippen LogP contribution in [0.1, 0.15) is 24.6 Å². The van der Waals surface area contributed by atoms with Gasteiger partial charge in [-0.05, 0) is 43.2 Å². The fraction of sp³-hybridized carbons (Fsp3) is 0.238. The molecule has 2 aromatic carbocycles. The van der Waals surface area contributed by atoms with Gasteiger partial charge in [0.25, 0.3) is 0 Å². The highest BCUT2D eigenvalue weighted by molar-refractivity contribution is 9.10. The van der Waals surface area contributed by atoms with E-state index >= 15 is 0 Å². The van der Waals surface area contributed by atoms with Crippen molar-refractivity contribution in [2.24, 2.45) is 0 Å². The van der Waals surface area contributed by atoms with Crippen molar-refractivity contribution in [2.45, 2.75) is 26.2 Å². The minimum Gasteiger partial charge on any atom is -0.492 e. The number of aryl methyl sites for hydroxylation is 1. The third kappa shape index (κ3) is 6.19. The van der Waals surface area contributed by atoms with Crippen molar-refractivity contribution in [2.75, 3.05) is 11.9 Å². The molecule has 0 aliphatic rings. The lowest BCUT2D eigenvalue weighted by atomic mass is 10.1. The Labute approximate surface area is 192 Å². The maximum absolute atomic E-state index is 12.3. The van der Waals surface area contributed by atoms with E-state index in [1.54, 1.807) is 18.2 Å². The quantitative estimate of drug-likeness (QED) is 0.323. The Bertz CT molecular complexity index is 993. The molecule has 0 atom stereocenters. The van der Waals surface area contributed by atoms with Crippen molar-refractivity contribution in [1.29, 1.82) is 0 Å². The predicted molar refractivity (Wildman–Crippen MR) is 124 cm³/mol. The number of carbonyl (C=O) groups excluding carboxylic acids is 1. The zero-order chi connectivity index (χ0) is 20.8. The normalized spacial score (nSPS) is 10.8. The highest BCUT2D eigenvalue weighted by atomic mass is 79.9. The van der Waals surface area contributed by atoms with E-state index in [1.165, 1.54) is 11.3 Å². The molecule has 1 amide bonds. The summed E-state index contributed by atoms with van der Waals surface area (Å²) in [7, 11) is 0. The van der Waals surface area contributed by atoms with Gasteiger partial charge in [-0.1, -0.05) is 58.2 Å². The molecule has 1 heterocycles. The molecule has 0 bridgehead atoms. The Morgan fingerprint density at radius 2 is 1.97 bits per heavy atom. The average Bonchev–Trinajstić information content (AvgIpc) is 3.10. The first-order chi connectivity index (χ1) is 14.0. The first-order valence-electron chi connectivity index (χ1n) is 9.09. The number of rotatable bonds is 8. The summed E-state index contributed by atoms with van der Waals surface area (Å²) in [5, 5.41) is 4.52. The SMILES string of the molecule is CCc1sc(NC(=O)CCCOc2ccc(Cl)cc2Cl)nc1-c1ccc(Br)cc1. The highest BCUT2D eigenvalue weighted by Gasteiger charge is 2.14. The van der Waals surface area contributed by atoms with E-state index in [0.29, 0.717) is 40.4 Å². The van der Waals surface area contributed by atoms with Crippen LogP contribution in [0.4, 0.5) is 5.13 Å². The summed E-state index contributed by atoms with van der Waals surface area (Å²) in [5.74, 6) is 0.470. The first kappa shape index (κ1) is 22.1. The molecule has 0 saturated heterocycles. The molecule has 3 rings (SSSR count). The van der Waals surface area contributed by atoms with Crippen molar-refractivity contribution in [3.63, 3.8) is 0 Å². The summed E-state index contributed by atoms with van der Waals surface area (Å²) >= 11 is 16.9. The Kier molecular flexibility index (Phi) is 7.95. The molecular formula is C21H19BrCl2N2O2S. The van der Waals surface area contributed by atoms with Gasteiger partial charge in [-0.15, -0.1) is 11.3 Å². The van der Waals surface area contributed by atoms with Gasteiger partial charge >= 0.3 is 0 Å². The van der Waals surface area contributed by atoms with Crippen molar-refractivity contribution in [3.8, 4) is 17.0 Å². The Balaban J connectivity index is 1.53. The van der Waals surface area contributed by atoms with Gasteiger partial charge in [0.2, 0.25) is 5.91 Å². The summed E-state index contributed by atoms with van der Waals surface area (Å²) < 4.78 is 6.63. The number of amides is 1. The molecule has 0 aliphatic carbocycles. The fourth-order valence-corrected chi connectivity index (χ4v) is 4.33. The fourth-order valence-electron chi connectivity index (χ4n) is 2.67. The highest BCUT2D eigenvalue weighted by Crippen LogP contribution is 2.32. The summed E-state index contributed by atoms with van der Waals surface area (Å²) in [5.41, 5.74) is 1.95. The van der Waals surface area contributed by atoms with Crippen LogP contribution in [-0.2, 0) is 11.2 Å². The zero-order valence-corrected chi connectivity index (χ0v) is 19.6. The number of anilines is 1. The summed E-state index contributed by atoms with van der Waals surface area (Å²) in [6, 6.07) is 13.1. The van der Waals surface area contributed by atoms with Gasteiger partial charge in [0.1, 0.15) is 5.75 Å². The smallest absolute Gasteiger partial charge is 0.226 e. The van der Waals surface area contributed by atoms with E-state index in [-0.39, 0.29) is 5.91 Å². The maximum atomic E-state index is 12.3. The molecule has 8 heteroatoms. The molecule has 0 radical (unpaired) electrons. The first-order valence-corrected chi connectivity index (χ1v) is 11.5. The molecule has 1 N–H and O–H groups in total.